The molecule has 1 N–H and O–H groups in total. The van der Waals surface area contributed by atoms with Gasteiger partial charge in [-0.05, 0) is 31.4 Å². The summed E-state index contributed by atoms with van der Waals surface area (Å²) in [5, 5.41) is 4.89. The molecule has 1 fully saturated rings. The van der Waals surface area contributed by atoms with Crippen molar-refractivity contribution in [3.05, 3.63) is 29.5 Å². The van der Waals surface area contributed by atoms with Crippen LogP contribution in [0.3, 0.4) is 0 Å². The molecule has 0 aliphatic heterocycles. The highest BCUT2D eigenvalue weighted by Crippen LogP contribution is 2.32. The average molecular weight is 244 g/mol. The standard InChI is InChI=1S/C15H20N2O/c1-10-12-5-4-6-14(18-3)15(12)17(2)13(10)9-16-11-7-8-11/h4-6,11,16H,7-9H2,1-3H3. The molecule has 1 aliphatic carbocycles. The molecule has 1 aromatic heterocycles. The van der Waals surface area contributed by atoms with Gasteiger partial charge in [-0.25, -0.2) is 0 Å². The van der Waals surface area contributed by atoms with Crippen LogP contribution in [0.25, 0.3) is 10.9 Å². The van der Waals surface area contributed by atoms with E-state index in [9.17, 15) is 0 Å². The molecule has 3 heteroatoms. The second-order valence-corrected chi connectivity index (χ2v) is 5.14. The Kier molecular flexibility index (Phi) is 2.78. The van der Waals surface area contributed by atoms with Crippen LogP contribution in [0, 0.1) is 6.92 Å². The van der Waals surface area contributed by atoms with Gasteiger partial charge in [0.05, 0.1) is 12.6 Å². The van der Waals surface area contributed by atoms with Crippen molar-refractivity contribution in [3.63, 3.8) is 0 Å². The third-order valence-electron chi connectivity index (χ3n) is 3.93. The van der Waals surface area contributed by atoms with E-state index >= 15 is 0 Å². The smallest absolute Gasteiger partial charge is 0.143 e. The zero-order chi connectivity index (χ0) is 12.7. The SMILES string of the molecule is COc1cccc2c(C)c(CNC3CC3)n(C)c12. The third kappa shape index (κ3) is 1.79. The molecule has 0 atom stereocenters. The molecule has 0 bridgehead atoms. The lowest BCUT2D eigenvalue weighted by Gasteiger charge is -2.08. The fraction of sp³-hybridized carbons (Fsp3) is 0.467. The molecule has 0 spiro atoms. The Morgan fingerprint density at radius 2 is 2.17 bits per heavy atom. The van der Waals surface area contributed by atoms with Gasteiger partial charge in [-0.2, -0.15) is 0 Å². The van der Waals surface area contributed by atoms with E-state index < -0.39 is 0 Å². The fourth-order valence-corrected chi connectivity index (χ4v) is 2.66. The highest BCUT2D eigenvalue weighted by Gasteiger charge is 2.22. The minimum Gasteiger partial charge on any atom is -0.495 e. The number of nitrogens with one attached hydrogen (secondary N) is 1. The lowest BCUT2D eigenvalue weighted by molar-refractivity contribution is 0.417. The van der Waals surface area contributed by atoms with Crippen molar-refractivity contribution in [2.24, 2.45) is 7.05 Å². The Hall–Kier alpha value is -1.48. The summed E-state index contributed by atoms with van der Waals surface area (Å²) in [6.45, 7) is 3.15. The van der Waals surface area contributed by atoms with E-state index in [2.05, 4.69) is 36.0 Å². The van der Waals surface area contributed by atoms with Crippen LogP contribution in [-0.4, -0.2) is 17.7 Å². The first kappa shape index (κ1) is 11.6. The summed E-state index contributed by atoms with van der Waals surface area (Å²) in [4.78, 5) is 0. The first-order valence-electron chi connectivity index (χ1n) is 6.56. The number of methoxy groups -OCH3 is 1. The average Bonchev–Trinajstić information content (AvgIpc) is 3.17. The maximum absolute atomic E-state index is 5.47. The van der Waals surface area contributed by atoms with E-state index in [-0.39, 0.29) is 0 Å². The number of aryl methyl sites for hydroxylation is 2. The van der Waals surface area contributed by atoms with Crippen molar-refractivity contribution in [1.82, 2.24) is 9.88 Å². The van der Waals surface area contributed by atoms with Crippen LogP contribution in [-0.2, 0) is 13.6 Å². The largest absolute Gasteiger partial charge is 0.495 e. The minimum atomic E-state index is 0.740. The van der Waals surface area contributed by atoms with E-state index in [1.807, 2.05) is 6.07 Å². The summed E-state index contributed by atoms with van der Waals surface area (Å²) in [5.41, 5.74) is 3.92. The summed E-state index contributed by atoms with van der Waals surface area (Å²) in [6.07, 6.45) is 2.65. The molecule has 0 amide bonds. The quantitative estimate of drug-likeness (QED) is 0.895. The predicted molar refractivity (Wildman–Crippen MR) is 74.1 cm³/mol. The van der Waals surface area contributed by atoms with E-state index in [1.54, 1.807) is 7.11 Å². The van der Waals surface area contributed by atoms with Gasteiger partial charge in [-0.3, -0.25) is 0 Å². The Bertz CT molecular complexity index is 582. The number of benzene rings is 1. The Balaban J connectivity index is 2.07. The molecule has 1 saturated carbocycles. The van der Waals surface area contributed by atoms with Crippen LogP contribution in [0.2, 0.25) is 0 Å². The molecule has 3 rings (SSSR count). The number of fused-ring (bicyclic) bond motifs is 1. The van der Waals surface area contributed by atoms with Gasteiger partial charge < -0.3 is 14.6 Å². The lowest BCUT2D eigenvalue weighted by Crippen LogP contribution is -2.18. The van der Waals surface area contributed by atoms with Crippen LogP contribution >= 0.6 is 0 Å². The van der Waals surface area contributed by atoms with Crippen molar-refractivity contribution >= 4 is 10.9 Å². The Morgan fingerprint density at radius 1 is 1.39 bits per heavy atom. The monoisotopic (exact) mass is 244 g/mol. The molecule has 1 aliphatic rings. The second kappa shape index (κ2) is 4.32. The molecule has 3 nitrogen and oxygen atoms in total. The summed E-state index contributed by atoms with van der Waals surface area (Å²) in [6, 6.07) is 7.00. The first-order valence-corrected chi connectivity index (χ1v) is 6.56. The van der Waals surface area contributed by atoms with Crippen molar-refractivity contribution < 1.29 is 4.74 Å². The number of rotatable bonds is 4. The lowest BCUT2D eigenvalue weighted by atomic mass is 10.1. The normalized spacial score (nSPS) is 15.3. The zero-order valence-corrected chi connectivity index (χ0v) is 11.3. The summed E-state index contributed by atoms with van der Waals surface area (Å²) >= 11 is 0. The van der Waals surface area contributed by atoms with Gasteiger partial charge >= 0.3 is 0 Å². The van der Waals surface area contributed by atoms with Gasteiger partial charge in [0, 0.05) is 30.7 Å². The summed E-state index contributed by atoms with van der Waals surface area (Å²) in [5.74, 6) is 0.954. The van der Waals surface area contributed by atoms with Crippen molar-refractivity contribution in [3.8, 4) is 5.75 Å². The molecule has 96 valence electrons. The second-order valence-electron chi connectivity index (χ2n) is 5.14. The number of hydrogen-bond acceptors (Lipinski definition) is 2. The number of para-hydroxylation sites is 1. The van der Waals surface area contributed by atoms with Gasteiger partial charge in [-0.1, -0.05) is 12.1 Å². The molecular weight excluding hydrogens is 224 g/mol. The molecular formula is C15H20N2O. The topological polar surface area (TPSA) is 26.2 Å². The number of hydrogen-bond donors (Lipinski definition) is 1. The minimum absolute atomic E-state index is 0.740. The Labute approximate surface area is 108 Å². The molecule has 0 saturated heterocycles. The van der Waals surface area contributed by atoms with Gasteiger partial charge in [0.15, 0.2) is 0 Å². The molecule has 1 aromatic carbocycles. The molecule has 2 aromatic rings. The molecule has 1 heterocycles. The highest BCUT2D eigenvalue weighted by atomic mass is 16.5. The van der Waals surface area contributed by atoms with Crippen LogP contribution in [0.1, 0.15) is 24.1 Å². The molecule has 0 unspecified atom stereocenters. The van der Waals surface area contributed by atoms with Crippen molar-refractivity contribution in [2.75, 3.05) is 7.11 Å². The van der Waals surface area contributed by atoms with E-state index in [0.717, 1.165) is 18.3 Å². The van der Waals surface area contributed by atoms with Crippen molar-refractivity contribution in [2.45, 2.75) is 32.4 Å². The first-order chi connectivity index (χ1) is 8.72. The van der Waals surface area contributed by atoms with Crippen LogP contribution in [0.5, 0.6) is 5.75 Å². The van der Waals surface area contributed by atoms with Gasteiger partial charge in [0.1, 0.15) is 5.75 Å². The summed E-state index contributed by atoms with van der Waals surface area (Å²) in [7, 11) is 3.86. The van der Waals surface area contributed by atoms with Crippen LogP contribution < -0.4 is 10.1 Å². The number of nitrogens with zero attached hydrogens (tertiary/aromatic N) is 1. The maximum atomic E-state index is 5.47. The number of aromatic nitrogens is 1. The van der Waals surface area contributed by atoms with E-state index in [4.69, 9.17) is 4.74 Å². The molecule has 18 heavy (non-hydrogen) atoms. The van der Waals surface area contributed by atoms with E-state index in [0.29, 0.717) is 0 Å². The van der Waals surface area contributed by atoms with Gasteiger partial charge in [-0.15, -0.1) is 0 Å². The molecule has 0 radical (unpaired) electrons. The fourth-order valence-electron chi connectivity index (χ4n) is 2.66. The predicted octanol–water partition coefficient (Wildman–Crippen LogP) is 2.75. The van der Waals surface area contributed by atoms with E-state index in [1.165, 1.54) is 35.0 Å². The summed E-state index contributed by atoms with van der Waals surface area (Å²) < 4.78 is 7.74. The highest BCUT2D eigenvalue weighted by molar-refractivity contribution is 5.90. The van der Waals surface area contributed by atoms with Crippen LogP contribution in [0.15, 0.2) is 18.2 Å². The van der Waals surface area contributed by atoms with Crippen LogP contribution in [0.4, 0.5) is 0 Å². The Morgan fingerprint density at radius 3 is 2.83 bits per heavy atom. The van der Waals surface area contributed by atoms with Crippen molar-refractivity contribution in [1.29, 1.82) is 0 Å². The number of ether oxygens (including phenoxy) is 1. The maximum Gasteiger partial charge on any atom is 0.143 e. The third-order valence-corrected chi connectivity index (χ3v) is 3.93. The van der Waals surface area contributed by atoms with Gasteiger partial charge in [0.2, 0.25) is 0 Å². The zero-order valence-electron chi connectivity index (χ0n) is 11.3. The van der Waals surface area contributed by atoms with Gasteiger partial charge in [0.25, 0.3) is 0 Å².